The van der Waals surface area contributed by atoms with E-state index in [2.05, 4.69) is 20.4 Å². The molecule has 0 aliphatic carbocycles. The van der Waals surface area contributed by atoms with Gasteiger partial charge in [-0.2, -0.15) is 4.98 Å². The number of aryl methyl sites for hydroxylation is 1. The summed E-state index contributed by atoms with van der Waals surface area (Å²) in [6.07, 6.45) is 2.43. The molecule has 0 unspecified atom stereocenters. The van der Waals surface area contributed by atoms with Gasteiger partial charge in [-0.3, -0.25) is 4.98 Å². The number of nitrogens with zero attached hydrogens (tertiary/aromatic N) is 3. The number of hydrogen-bond acceptors (Lipinski definition) is 6. The number of ether oxygens (including phenoxy) is 1. The highest BCUT2D eigenvalue weighted by Gasteiger charge is 2.08. The molecule has 2 heterocycles. The molecule has 106 valence electrons. The van der Waals surface area contributed by atoms with Crippen molar-refractivity contribution in [3.05, 3.63) is 48.4 Å². The first-order valence-corrected chi connectivity index (χ1v) is 6.66. The molecule has 1 aromatic carbocycles. The summed E-state index contributed by atoms with van der Waals surface area (Å²) in [6, 6.07) is 11.3. The number of nitrogens with two attached hydrogens (primary N) is 1. The van der Waals surface area contributed by atoms with Crippen LogP contribution in [-0.4, -0.2) is 15.0 Å². The predicted octanol–water partition coefficient (Wildman–Crippen LogP) is 2.67. The largest absolute Gasteiger partial charge is 0.437 e. The van der Waals surface area contributed by atoms with Gasteiger partial charge >= 0.3 is 0 Å². The smallest absolute Gasteiger partial charge is 0.224 e. The molecule has 0 radical (unpaired) electrons. The van der Waals surface area contributed by atoms with Crippen molar-refractivity contribution in [3.8, 4) is 11.6 Å². The topological polar surface area (TPSA) is 86.0 Å². The van der Waals surface area contributed by atoms with Gasteiger partial charge in [0.1, 0.15) is 17.2 Å². The summed E-state index contributed by atoms with van der Waals surface area (Å²) in [7, 11) is 0. The van der Waals surface area contributed by atoms with Crippen LogP contribution in [0.25, 0.3) is 10.9 Å². The number of benzene rings is 1. The molecule has 0 aliphatic heterocycles. The zero-order valence-corrected chi connectivity index (χ0v) is 11.6. The molecule has 21 heavy (non-hydrogen) atoms. The molecule has 3 aromatic rings. The molecule has 2 aromatic heterocycles. The van der Waals surface area contributed by atoms with Crippen molar-refractivity contribution < 1.29 is 4.74 Å². The summed E-state index contributed by atoms with van der Waals surface area (Å²) in [4.78, 5) is 12.9. The molecule has 3 rings (SSSR count). The Balaban J connectivity index is 2.02. The lowest BCUT2D eigenvalue weighted by molar-refractivity contribution is 0.463. The molecule has 0 bridgehead atoms. The van der Waals surface area contributed by atoms with E-state index in [9.17, 15) is 0 Å². The molecule has 0 saturated carbocycles. The minimum absolute atomic E-state index is 0.438. The predicted molar refractivity (Wildman–Crippen MR) is 81.0 cm³/mol. The van der Waals surface area contributed by atoms with E-state index in [1.807, 2.05) is 37.3 Å². The maximum atomic E-state index is 5.87. The van der Waals surface area contributed by atoms with Gasteiger partial charge in [0.2, 0.25) is 5.88 Å². The van der Waals surface area contributed by atoms with E-state index in [0.717, 1.165) is 10.9 Å². The molecule has 6 heteroatoms. The lowest BCUT2D eigenvalue weighted by atomic mass is 10.2. The fourth-order valence-electron chi connectivity index (χ4n) is 2.03. The molecule has 0 spiro atoms. The summed E-state index contributed by atoms with van der Waals surface area (Å²) in [5.41, 5.74) is 3.31. The molecule has 0 atom stereocenters. The summed E-state index contributed by atoms with van der Waals surface area (Å²) in [5.74, 6) is 7.69. The van der Waals surface area contributed by atoms with E-state index < -0.39 is 0 Å². The molecule has 6 nitrogen and oxygen atoms in total. The lowest BCUT2D eigenvalue weighted by Gasteiger charge is -2.09. The number of nitrogens with one attached hydrogen (secondary N) is 1. The Morgan fingerprint density at radius 3 is 2.86 bits per heavy atom. The number of nitrogen functional groups attached to an aromatic ring is 1. The average Bonchev–Trinajstić information content (AvgIpc) is 2.55. The number of hydrogen-bond donors (Lipinski definition) is 2. The Morgan fingerprint density at radius 1 is 1.19 bits per heavy atom. The van der Waals surface area contributed by atoms with Crippen LogP contribution in [0.2, 0.25) is 0 Å². The maximum Gasteiger partial charge on any atom is 0.224 e. The first-order valence-electron chi connectivity index (χ1n) is 6.66. The molecule has 3 N–H and O–H groups in total. The van der Waals surface area contributed by atoms with Crippen molar-refractivity contribution in [1.82, 2.24) is 15.0 Å². The Labute approximate surface area is 122 Å². The van der Waals surface area contributed by atoms with E-state index in [-0.39, 0.29) is 0 Å². The monoisotopic (exact) mass is 281 g/mol. The summed E-state index contributed by atoms with van der Waals surface area (Å²) < 4.78 is 5.87. The molecule has 0 saturated heterocycles. The van der Waals surface area contributed by atoms with Crippen molar-refractivity contribution >= 4 is 16.7 Å². The first-order chi connectivity index (χ1) is 10.3. The van der Waals surface area contributed by atoms with Crippen molar-refractivity contribution in [2.75, 3.05) is 5.43 Å². The zero-order chi connectivity index (χ0) is 14.7. The van der Waals surface area contributed by atoms with Crippen molar-refractivity contribution in [2.45, 2.75) is 13.3 Å². The highest BCUT2D eigenvalue weighted by atomic mass is 16.5. The fraction of sp³-hybridized carbons (Fsp3) is 0.133. The quantitative estimate of drug-likeness (QED) is 0.565. The number of hydrazine groups is 1. The highest BCUT2D eigenvalue weighted by molar-refractivity contribution is 5.84. The second kappa shape index (κ2) is 5.72. The van der Waals surface area contributed by atoms with Crippen LogP contribution in [0, 0.1) is 0 Å². The van der Waals surface area contributed by atoms with Gasteiger partial charge in [0.15, 0.2) is 5.75 Å². The number of rotatable bonds is 4. The van der Waals surface area contributed by atoms with E-state index >= 15 is 0 Å². The SMILES string of the molecule is CCc1nc(NN)cc(Oc2cccc3cccnc23)n1. The Hall–Kier alpha value is -2.73. The number of para-hydroxylation sites is 1. The van der Waals surface area contributed by atoms with Crippen LogP contribution in [0.1, 0.15) is 12.7 Å². The van der Waals surface area contributed by atoms with Crippen LogP contribution in [0.4, 0.5) is 5.82 Å². The average molecular weight is 281 g/mol. The Bertz CT molecular complexity index is 747. The second-order valence-corrected chi connectivity index (χ2v) is 4.44. The van der Waals surface area contributed by atoms with Gasteiger partial charge in [0.25, 0.3) is 0 Å². The Kier molecular flexibility index (Phi) is 3.61. The van der Waals surface area contributed by atoms with E-state index in [1.54, 1.807) is 12.3 Å². The van der Waals surface area contributed by atoms with Crippen LogP contribution < -0.4 is 16.0 Å². The Morgan fingerprint density at radius 2 is 2.05 bits per heavy atom. The normalized spacial score (nSPS) is 10.6. The molecular formula is C15H15N5O. The lowest BCUT2D eigenvalue weighted by Crippen LogP contribution is -2.10. The zero-order valence-electron chi connectivity index (χ0n) is 11.6. The number of pyridine rings is 1. The number of anilines is 1. The van der Waals surface area contributed by atoms with Crippen LogP contribution in [0.5, 0.6) is 11.6 Å². The first kappa shape index (κ1) is 13.3. The van der Waals surface area contributed by atoms with Gasteiger partial charge in [-0.25, -0.2) is 10.8 Å². The second-order valence-electron chi connectivity index (χ2n) is 4.44. The van der Waals surface area contributed by atoms with Gasteiger partial charge < -0.3 is 10.2 Å². The molecule has 0 fully saturated rings. The van der Waals surface area contributed by atoms with Gasteiger partial charge in [0.05, 0.1) is 0 Å². The van der Waals surface area contributed by atoms with E-state index in [4.69, 9.17) is 10.6 Å². The fourth-order valence-corrected chi connectivity index (χ4v) is 2.03. The third-order valence-electron chi connectivity index (χ3n) is 3.02. The third-order valence-corrected chi connectivity index (χ3v) is 3.02. The summed E-state index contributed by atoms with van der Waals surface area (Å²) in [5, 5.41) is 1.01. The number of aromatic nitrogens is 3. The summed E-state index contributed by atoms with van der Waals surface area (Å²) >= 11 is 0. The van der Waals surface area contributed by atoms with E-state index in [1.165, 1.54) is 0 Å². The number of fused-ring (bicyclic) bond motifs is 1. The minimum Gasteiger partial charge on any atom is -0.437 e. The van der Waals surface area contributed by atoms with Crippen molar-refractivity contribution in [2.24, 2.45) is 5.84 Å². The van der Waals surface area contributed by atoms with Crippen molar-refractivity contribution in [1.29, 1.82) is 0 Å². The minimum atomic E-state index is 0.438. The van der Waals surface area contributed by atoms with Crippen LogP contribution in [0.15, 0.2) is 42.6 Å². The third kappa shape index (κ3) is 2.75. The van der Waals surface area contributed by atoms with Gasteiger partial charge in [-0.05, 0) is 12.1 Å². The van der Waals surface area contributed by atoms with E-state index in [0.29, 0.717) is 29.7 Å². The molecule has 0 amide bonds. The van der Waals surface area contributed by atoms with Crippen LogP contribution in [0.3, 0.4) is 0 Å². The van der Waals surface area contributed by atoms with Crippen LogP contribution >= 0.6 is 0 Å². The molecule has 0 aliphatic rings. The van der Waals surface area contributed by atoms with Gasteiger partial charge in [-0.15, -0.1) is 0 Å². The van der Waals surface area contributed by atoms with Crippen LogP contribution in [-0.2, 0) is 6.42 Å². The van der Waals surface area contributed by atoms with Crippen molar-refractivity contribution in [3.63, 3.8) is 0 Å². The highest BCUT2D eigenvalue weighted by Crippen LogP contribution is 2.28. The van der Waals surface area contributed by atoms with Gasteiger partial charge in [0, 0.05) is 24.1 Å². The molecular weight excluding hydrogens is 266 g/mol. The standard InChI is InChI=1S/C15H15N5O/c1-2-12-18-13(20-16)9-14(19-12)21-11-7-3-5-10-6-4-8-17-15(10)11/h3-9H,2,16H2,1H3,(H,18,19,20). The maximum absolute atomic E-state index is 5.87. The summed E-state index contributed by atoms with van der Waals surface area (Å²) in [6.45, 7) is 1.97. The van der Waals surface area contributed by atoms with Gasteiger partial charge in [-0.1, -0.05) is 25.1 Å².